The van der Waals surface area contributed by atoms with Gasteiger partial charge in [-0.1, -0.05) is 41.6 Å². The van der Waals surface area contributed by atoms with Crippen molar-refractivity contribution in [2.45, 2.75) is 20.3 Å². The van der Waals surface area contributed by atoms with Gasteiger partial charge in [0.25, 0.3) is 0 Å². The summed E-state index contributed by atoms with van der Waals surface area (Å²) in [5.74, 6) is 0.773. The van der Waals surface area contributed by atoms with Gasteiger partial charge in [0, 0.05) is 0 Å². The Kier molecular flexibility index (Phi) is 5.59. The maximum atomic E-state index is 11.3. The largest absolute Gasteiger partial charge is 0.491 e. The summed E-state index contributed by atoms with van der Waals surface area (Å²) in [4.78, 5) is 11.3. The van der Waals surface area contributed by atoms with E-state index in [0.717, 1.165) is 23.4 Å². The quantitative estimate of drug-likeness (QED) is 0.664. The molecule has 0 aliphatic heterocycles. The molecule has 0 saturated carbocycles. The smallest absolute Gasteiger partial charge is 0.234 e. The van der Waals surface area contributed by atoms with E-state index in [4.69, 9.17) is 4.74 Å². The van der Waals surface area contributed by atoms with E-state index < -0.39 is 0 Å². The molecule has 88 valence electrons. The Balaban J connectivity index is 2.88. The summed E-state index contributed by atoms with van der Waals surface area (Å²) in [7, 11) is 0. The van der Waals surface area contributed by atoms with Gasteiger partial charge in [-0.3, -0.25) is 4.79 Å². The van der Waals surface area contributed by atoms with Crippen LogP contribution in [0.1, 0.15) is 18.9 Å². The van der Waals surface area contributed by atoms with Crippen LogP contribution < -0.4 is 10.1 Å². The number of hydrogen-bond donors (Lipinski definition) is 1. The average Bonchev–Trinajstić information content (AvgIpc) is 2.28. The molecule has 1 rings (SSSR count). The predicted octanol–water partition coefficient (Wildman–Crippen LogP) is 3.16. The first-order chi connectivity index (χ1) is 7.69. The van der Waals surface area contributed by atoms with Crippen LogP contribution in [0, 0.1) is 6.92 Å². The number of halogens is 1. The zero-order chi connectivity index (χ0) is 12.0. The third kappa shape index (κ3) is 3.66. The van der Waals surface area contributed by atoms with Gasteiger partial charge in [0.05, 0.1) is 16.7 Å². The summed E-state index contributed by atoms with van der Waals surface area (Å²) < 4.78 is 6.09. The van der Waals surface area contributed by atoms with Crippen molar-refractivity contribution in [2.75, 3.05) is 16.4 Å². The van der Waals surface area contributed by atoms with Crippen molar-refractivity contribution >= 4 is 34.2 Å². The van der Waals surface area contributed by atoms with Crippen LogP contribution in [0.25, 0.3) is 0 Å². The molecule has 0 fully saturated rings. The van der Waals surface area contributed by atoms with Crippen LogP contribution in [0.2, 0.25) is 0 Å². The Morgan fingerprint density at radius 3 is 2.88 bits per heavy atom. The van der Waals surface area contributed by atoms with E-state index in [2.05, 4.69) is 12.2 Å². The molecule has 16 heavy (non-hydrogen) atoms. The van der Waals surface area contributed by atoms with Gasteiger partial charge in [0.1, 0.15) is 5.75 Å². The fraction of sp³-hybridized carbons (Fsp3) is 0.417. The number of alkyl halides is 1. The molecule has 0 spiro atoms. The van der Waals surface area contributed by atoms with E-state index in [-0.39, 0.29) is 5.91 Å². The Labute approximate surface area is 110 Å². The lowest BCUT2D eigenvalue weighted by molar-refractivity contribution is -0.113. The minimum absolute atomic E-state index is 0.00690. The Bertz CT molecular complexity index is 366. The maximum absolute atomic E-state index is 11.3. The molecule has 0 aliphatic rings. The van der Waals surface area contributed by atoms with Gasteiger partial charge in [-0.15, -0.1) is 0 Å². The fourth-order valence-electron chi connectivity index (χ4n) is 1.33. The van der Waals surface area contributed by atoms with Gasteiger partial charge in [0.15, 0.2) is 0 Å². The molecule has 3 nitrogen and oxygen atoms in total. The highest BCUT2D eigenvalue weighted by atomic mass is 127. The van der Waals surface area contributed by atoms with Gasteiger partial charge < -0.3 is 10.1 Å². The minimum Gasteiger partial charge on any atom is -0.491 e. The van der Waals surface area contributed by atoms with Gasteiger partial charge in [-0.25, -0.2) is 0 Å². The highest BCUT2D eigenvalue weighted by Crippen LogP contribution is 2.28. The van der Waals surface area contributed by atoms with Crippen molar-refractivity contribution in [2.24, 2.45) is 0 Å². The first-order valence-electron chi connectivity index (χ1n) is 5.27. The standard InChI is InChI=1S/C12H16INO2/c1-3-7-16-12-9(2)5-4-6-10(12)14-11(15)8-13/h4-6H,3,7-8H2,1-2H3,(H,14,15). The minimum atomic E-state index is -0.00690. The third-order valence-electron chi connectivity index (χ3n) is 2.06. The molecule has 0 heterocycles. The first kappa shape index (κ1) is 13.3. The van der Waals surface area contributed by atoms with Crippen LogP contribution in [-0.2, 0) is 4.79 Å². The van der Waals surface area contributed by atoms with Crippen LogP contribution in [-0.4, -0.2) is 16.9 Å². The Morgan fingerprint density at radius 1 is 1.50 bits per heavy atom. The Hall–Kier alpha value is -0.780. The molecular weight excluding hydrogens is 317 g/mol. The summed E-state index contributed by atoms with van der Waals surface area (Å²) in [5.41, 5.74) is 1.80. The number of para-hydroxylation sites is 1. The number of nitrogens with one attached hydrogen (secondary N) is 1. The second-order valence-electron chi connectivity index (χ2n) is 3.48. The molecule has 0 aromatic heterocycles. The number of ether oxygens (including phenoxy) is 1. The van der Waals surface area contributed by atoms with Crippen LogP contribution in [0.5, 0.6) is 5.75 Å². The number of carbonyl (C=O) groups is 1. The second kappa shape index (κ2) is 6.73. The monoisotopic (exact) mass is 333 g/mol. The van der Waals surface area contributed by atoms with E-state index in [1.807, 2.05) is 47.7 Å². The molecule has 1 N–H and O–H groups in total. The molecular formula is C12H16INO2. The molecule has 0 atom stereocenters. The highest BCUT2D eigenvalue weighted by Gasteiger charge is 2.08. The van der Waals surface area contributed by atoms with Gasteiger partial charge in [0.2, 0.25) is 5.91 Å². The SMILES string of the molecule is CCCOc1c(C)cccc1NC(=O)CI. The summed E-state index contributed by atoms with van der Waals surface area (Å²) in [5, 5.41) is 2.84. The lowest BCUT2D eigenvalue weighted by atomic mass is 10.2. The number of anilines is 1. The number of amides is 1. The summed E-state index contributed by atoms with van der Waals surface area (Å²) in [6.07, 6.45) is 0.952. The third-order valence-corrected chi connectivity index (χ3v) is 2.75. The molecule has 0 bridgehead atoms. The fourth-order valence-corrected chi connectivity index (χ4v) is 1.52. The van der Waals surface area contributed by atoms with Gasteiger partial charge >= 0.3 is 0 Å². The topological polar surface area (TPSA) is 38.3 Å². The van der Waals surface area contributed by atoms with Crippen molar-refractivity contribution in [3.8, 4) is 5.75 Å². The molecule has 1 amide bonds. The van der Waals surface area contributed by atoms with Crippen LogP contribution in [0.4, 0.5) is 5.69 Å². The zero-order valence-electron chi connectivity index (χ0n) is 9.55. The summed E-state index contributed by atoms with van der Waals surface area (Å²) in [6, 6.07) is 5.75. The zero-order valence-corrected chi connectivity index (χ0v) is 11.7. The van der Waals surface area contributed by atoms with Crippen LogP contribution >= 0.6 is 22.6 Å². The lowest BCUT2D eigenvalue weighted by Gasteiger charge is -2.13. The second-order valence-corrected chi connectivity index (χ2v) is 4.24. The van der Waals surface area contributed by atoms with Crippen molar-refractivity contribution < 1.29 is 9.53 Å². The molecule has 0 aliphatic carbocycles. The van der Waals surface area contributed by atoms with E-state index >= 15 is 0 Å². The van der Waals surface area contributed by atoms with Crippen molar-refractivity contribution in [3.63, 3.8) is 0 Å². The van der Waals surface area contributed by atoms with E-state index in [0.29, 0.717) is 11.0 Å². The van der Waals surface area contributed by atoms with Gasteiger partial charge in [-0.05, 0) is 25.0 Å². The lowest BCUT2D eigenvalue weighted by Crippen LogP contribution is -2.13. The van der Waals surface area contributed by atoms with Crippen molar-refractivity contribution in [1.82, 2.24) is 0 Å². The molecule has 4 heteroatoms. The van der Waals surface area contributed by atoms with E-state index in [9.17, 15) is 4.79 Å². The number of aryl methyl sites for hydroxylation is 1. The van der Waals surface area contributed by atoms with Crippen molar-refractivity contribution in [3.05, 3.63) is 23.8 Å². The van der Waals surface area contributed by atoms with E-state index in [1.165, 1.54) is 0 Å². The summed E-state index contributed by atoms with van der Waals surface area (Å²) in [6.45, 7) is 4.70. The number of hydrogen-bond acceptors (Lipinski definition) is 2. The number of benzene rings is 1. The van der Waals surface area contributed by atoms with Gasteiger partial charge in [-0.2, -0.15) is 0 Å². The molecule has 1 aromatic carbocycles. The summed E-state index contributed by atoms with van der Waals surface area (Å²) >= 11 is 2.04. The number of carbonyl (C=O) groups excluding carboxylic acids is 1. The average molecular weight is 333 g/mol. The molecule has 0 unspecified atom stereocenters. The molecule has 1 aromatic rings. The van der Waals surface area contributed by atoms with Crippen LogP contribution in [0.15, 0.2) is 18.2 Å². The number of rotatable bonds is 5. The maximum Gasteiger partial charge on any atom is 0.234 e. The van der Waals surface area contributed by atoms with E-state index in [1.54, 1.807) is 0 Å². The first-order valence-corrected chi connectivity index (χ1v) is 6.79. The molecule has 0 radical (unpaired) electrons. The normalized spacial score (nSPS) is 9.94. The van der Waals surface area contributed by atoms with Crippen LogP contribution in [0.3, 0.4) is 0 Å². The Morgan fingerprint density at radius 2 is 2.25 bits per heavy atom. The molecule has 0 saturated heterocycles. The highest BCUT2D eigenvalue weighted by molar-refractivity contribution is 14.1. The predicted molar refractivity (Wildman–Crippen MR) is 74.5 cm³/mol. The van der Waals surface area contributed by atoms with Crippen molar-refractivity contribution in [1.29, 1.82) is 0 Å².